The second kappa shape index (κ2) is 8.87. The van der Waals surface area contributed by atoms with E-state index in [1.165, 1.54) is 31.2 Å². The number of hydrogen-bond acceptors (Lipinski definition) is 4. The van der Waals surface area contributed by atoms with Gasteiger partial charge in [-0.25, -0.2) is 0 Å². The predicted molar refractivity (Wildman–Crippen MR) is 108 cm³/mol. The van der Waals surface area contributed by atoms with Gasteiger partial charge in [-0.2, -0.15) is 0 Å². The smallest absolute Gasteiger partial charge is 0.308 e. The molecule has 0 aromatic heterocycles. The predicted octanol–water partition coefficient (Wildman–Crippen LogP) is 2.64. The van der Waals surface area contributed by atoms with Crippen LogP contribution >= 0.6 is 0 Å². The third-order valence-electron chi connectivity index (χ3n) is 4.61. The molecule has 0 aliphatic rings. The Bertz CT molecular complexity index is 768. The number of hydrogen-bond donors (Lipinski definition) is 2. The minimum atomic E-state index is -1.80. The van der Waals surface area contributed by atoms with Crippen molar-refractivity contribution in [1.29, 1.82) is 0 Å². The molecule has 0 bridgehead atoms. The van der Waals surface area contributed by atoms with Gasteiger partial charge in [0.25, 0.3) is 5.91 Å². The number of primary amides is 1. The van der Waals surface area contributed by atoms with Crippen LogP contribution in [0.25, 0.3) is 0 Å². The van der Waals surface area contributed by atoms with Crippen molar-refractivity contribution in [3.8, 4) is 17.2 Å². The number of ether oxygens (including phenoxy) is 1. The average Bonchev–Trinajstić information content (AvgIpc) is 2.52. The van der Waals surface area contributed by atoms with E-state index in [0.29, 0.717) is 11.3 Å². The van der Waals surface area contributed by atoms with Crippen LogP contribution in [0, 0.1) is 11.5 Å². The molecule has 0 saturated heterocycles. The lowest BCUT2D eigenvalue weighted by molar-refractivity contribution is -0.131. The average molecular weight is 389 g/mol. The Morgan fingerprint density at radius 3 is 2.19 bits per heavy atom. The third kappa shape index (κ3) is 6.91. The van der Waals surface area contributed by atoms with Gasteiger partial charge in [-0.3, -0.25) is 14.4 Å². The number of amides is 2. The van der Waals surface area contributed by atoms with Crippen LogP contribution in [0.1, 0.15) is 44.5 Å². The van der Waals surface area contributed by atoms with Crippen LogP contribution in [0.3, 0.4) is 0 Å². The van der Waals surface area contributed by atoms with Crippen molar-refractivity contribution in [2.45, 2.75) is 58.3 Å². The molecule has 6 nitrogen and oxygen atoms in total. The molecule has 7 heteroatoms. The number of rotatable bonds is 5. The highest BCUT2D eigenvalue weighted by Gasteiger charge is 2.33. The molecule has 0 radical (unpaired) electrons. The molecule has 2 amide bonds. The van der Waals surface area contributed by atoms with Gasteiger partial charge in [0.2, 0.25) is 5.91 Å². The minimum Gasteiger partial charge on any atom is -0.427 e. The third-order valence-corrected chi connectivity index (χ3v) is 9.16. The first-order chi connectivity index (χ1) is 12.3. The fraction of sp³-hybridized carbons (Fsp3) is 0.450. The SMILES string of the molecule is CC(=O)Oc1ccc(C(=O)N[C@@H](CC#C[Si](C)(C)C(C)(C)C)C(N)=O)cc1. The van der Waals surface area contributed by atoms with Crippen molar-refractivity contribution in [2.24, 2.45) is 5.73 Å². The van der Waals surface area contributed by atoms with Gasteiger partial charge in [-0.15, -0.1) is 11.5 Å². The first kappa shape index (κ1) is 22.4. The number of benzene rings is 1. The van der Waals surface area contributed by atoms with Crippen LogP contribution in [0.4, 0.5) is 0 Å². The maximum Gasteiger partial charge on any atom is 0.308 e. The summed E-state index contributed by atoms with van der Waals surface area (Å²) in [5.74, 6) is 1.86. The largest absolute Gasteiger partial charge is 0.427 e. The molecule has 146 valence electrons. The van der Waals surface area contributed by atoms with Crippen molar-refractivity contribution in [3.63, 3.8) is 0 Å². The summed E-state index contributed by atoms with van der Waals surface area (Å²) in [7, 11) is -1.80. The van der Waals surface area contributed by atoms with Gasteiger partial charge in [0.15, 0.2) is 0 Å². The summed E-state index contributed by atoms with van der Waals surface area (Å²) in [6.07, 6.45) is 0.166. The molecule has 0 spiro atoms. The molecule has 0 heterocycles. The highest BCUT2D eigenvalue weighted by Crippen LogP contribution is 2.35. The van der Waals surface area contributed by atoms with Crippen LogP contribution in [0.2, 0.25) is 18.1 Å². The molecule has 3 N–H and O–H groups in total. The molecule has 1 aromatic rings. The van der Waals surface area contributed by atoms with Crippen molar-refractivity contribution >= 4 is 25.9 Å². The van der Waals surface area contributed by atoms with Crippen molar-refractivity contribution in [3.05, 3.63) is 29.8 Å². The van der Waals surface area contributed by atoms with Gasteiger partial charge in [-0.1, -0.05) is 33.9 Å². The van der Waals surface area contributed by atoms with Crippen LogP contribution in [0.15, 0.2) is 24.3 Å². The van der Waals surface area contributed by atoms with Gasteiger partial charge < -0.3 is 15.8 Å². The summed E-state index contributed by atoms with van der Waals surface area (Å²) in [6, 6.07) is 5.16. The standard InChI is InChI=1S/C20H28N2O4Si/c1-14(23)26-16-11-9-15(10-12-16)19(25)22-17(18(21)24)8-7-13-27(5,6)20(2,3)4/h9-12,17H,8H2,1-6H3,(H2,21,24)(H,22,25)/t17-/m0/s1. The first-order valence-corrected chi connectivity index (χ1v) is 11.7. The summed E-state index contributed by atoms with van der Waals surface area (Å²) < 4.78 is 4.92. The molecule has 0 saturated carbocycles. The van der Waals surface area contributed by atoms with E-state index in [-0.39, 0.29) is 11.5 Å². The van der Waals surface area contributed by atoms with E-state index >= 15 is 0 Å². The number of carbonyl (C=O) groups excluding carboxylic acids is 3. The molecule has 1 atom stereocenters. The highest BCUT2D eigenvalue weighted by atomic mass is 28.3. The number of nitrogens with two attached hydrogens (primary N) is 1. The lowest BCUT2D eigenvalue weighted by Gasteiger charge is -2.31. The number of carbonyl (C=O) groups is 3. The second-order valence-electron chi connectivity index (χ2n) is 7.93. The summed E-state index contributed by atoms with van der Waals surface area (Å²) in [5, 5.41) is 2.72. The summed E-state index contributed by atoms with van der Waals surface area (Å²) in [6.45, 7) is 12.1. The Morgan fingerprint density at radius 1 is 1.19 bits per heavy atom. The Hall–Kier alpha value is -2.59. The Labute approximate surface area is 161 Å². The van der Waals surface area contributed by atoms with Crippen molar-refractivity contribution < 1.29 is 19.1 Å². The molecule has 0 unspecified atom stereocenters. The maximum atomic E-state index is 12.3. The van der Waals surface area contributed by atoms with E-state index in [2.05, 4.69) is 50.6 Å². The van der Waals surface area contributed by atoms with E-state index in [4.69, 9.17) is 10.5 Å². The van der Waals surface area contributed by atoms with E-state index in [1.54, 1.807) is 0 Å². The topological polar surface area (TPSA) is 98.5 Å². The quantitative estimate of drug-likeness (QED) is 0.351. The fourth-order valence-electron chi connectivity index (χ4n) is 1.87. The number of nitrogens with one attached hydrogen (secondary N) is 1. The molecule has 0 aliphatic heterocycles. The maximum absolute atomic E-state index is 12.3. The normalized spacial score (nSPS) is 12.4. The zero-order valence-electron chi connectivity index (χ0n) is 16.8. The highest BCUT2D eigenvalue weighted by molar-refractivity contribution is 6.87. The molecule has 27 heavy (non-hydrogen) atoms. The first-order valence-electron chi connectivity index (χ1n) is 8.72. The van der Waals surface area contributed by atoms with E-state index < -0.39 is 31.9 Å². The Kier molecular flexibility index (Phi) is 7.37. The van der Waals surface area contributed by atoms with Gasteiger partial charge in [0.05, 0.1) is 0 Å². The zero-order valence-corrected chi connectivity index (χ0v) is 17.8. The van der Waals surface area contributed by atoms with Crippen LogP contribution in [-0.2, 0) is 9.59 Å². The van der Waals surface area contributed by atoms with Gasteiger partial charge in [0.1, 0.15) is 19.9 Å². The summed E-state index contributed by atoms with van der Waals surface area (Å²) in [4.78, 5) is 35.0. The van der Waals surface area contributed by atoms with Crippen molar-refractivity contribution in [1.82, 2.24) is 5.32 Å². The lowest BCUT2D eigenvalue weighted by atomic mass is 10.1. The summed E-state index contributed by atoms with van der Waals surface area (Å²) >= 11 is 0. The molecule has 1 rings (SSSR count). The van der Waals surface area contributed by atoms with E-state index in [9.17, 15) is 14.4 Å². The molecular weight excluding hydrogens is 360 g/mol. The fourth-order valence-corrected chi connectivity index (χ4v) is 2.79. The number of esters is 1. The van der Waals surface area contributed by atoms with Crippen molar-refractivity contribution in [2.75, 3.05) is 0 Å². The molecule has 0 fully saturated rings. The minimum absolute atomic E-state index is 0.106. The molecular formula is C20H28N2O4Si. The van der Waals surface area contributed by atoms with E-state index in [0.717, 1.165) is 0 Å². The van der Waals surface area contributed by atoms with E-state index in [1.807, 2.05) is 0 Å². The van der Waals surface area contributed by atoms with Gasteiger partial charge in [-0.05, 0) is 29.3 Å². The van der Waals surface area contributed by atoms with Crippen LogP contribution in [-0.4, -0.2) is 31.9 Å². The summed E-state index contributed by atoms with van der Waals surface area (Å²) in [5.41, 5.74) is 9.04. The Morgan fingerprint density at radius 2 is 1.74 bits per heavy atom. The van der Waals surface area contributed by atoms with Crippen LogP contribution in [0.5, 0.6) is 5.75 Å². The monoisotopic (exact) mass is 388 g/mol. The molecule has 0 aliphatic carbocycles. The molecule has 1 aromatic carbocycles. The lowest BCUT2D eigenvalue weighted by Crippen LogP contribution is -2.44. The van der Waals surface area contributed by atoms with Crippen LogP contribution < -0.4 is 15.8 Å². The zero-order chi connectivity index (χ0) is 20.8. The van der Waals surface area contributed by atoms with Gasteiger partial charge in [0, 0.05) is 18.9 Å². The Balaban J connectivity index is 2.82. The second-order valence-corrected chi connectivity index (χ2v) is 12.9. The van der Waals surface area contributed by atoms with Gasteiger partial charge >= 0.3 is 5.97 Å².